The van der Waals surface area contributed by atoms with E-state index in [2.05, 4.69) is 26.8 Å². The van der Waals surface area contributed by atoms with Crippen LogP contribution in [0.4, 0.5) is 15.9 Å². The highest BCUT2D eigenvalue weighted by atomic mass is 35.5. The fraction of sp³-hybridized carbons (Fsp3) is 0.207. The Labute approximate surface area is 220 Å². The number of anilines is 2. The van der Waals surface area contributed by atoms with Gasteiger partial charge in [0, 0.05) is 55.1 Å². The number of fused-ring (bicyclic) bond motifs is 1. The Balaban J connectivity index is 1.39. The first-order valence-corrected chi connectivity index (χ1v) is 12.5. The van der Waals surface area contributed by atoms with Gasteiger partial charge in [-0.25, -0.2) is 9.37 Å². The highest BCUT2D eigenvalue weighted by molar-refractivity contribution is 6.34. The second kappa shape index (κ2) is 10.6. The fourth-order valence-electron chi connectivity index (χ4n) is 4.64. The Morgan fingerprint density at radius 2 is 1.81 bits per heavy atom. The molecule has 4 aromatic rings. The van der Waals surface area contributed by atoms with E-state index in [1.807, 2.05) is 49.5 Å². The predicted octanol–water partition coefficient (Wildman–Crippen LogP) is 6.10. The van der Waals surface area contributed by atoms with Crippen LogP contribution in [0.15, 0.2) is 79.6 Å². The highest BCUT2D eigenvalue weighted by Crippen LogP contribution is 2.35. The quantitative estimate of drug-likeness (QED) is 0.314. The molecule has 1 saturated heterocycles. The summed E-state index contributed by atoms with van der Waals surface area (Å²) in [5.41, 5.74) is 3.99. The molecule has 1 atom stereocenters. The molecule has 3 heterocycles. The average Bonchev–Trinajstić information content (AvgIpc) is 2.94. The van der Waals surface area contributed by atoms with Crippen molar-refractivity contribution in [1.29, 1.82) is 0 Å². The third-order valence-corrected chi connectivity index (χ3v) is 7.01. The van der Waals surface area contributed by atoms with Gasteiger partial charge in [-0.15, -0.1) is 0 Å². The van der Waals surface area contributed by atoms with Gasteiger partial charge in [0.2, 0.25) is 5.91 Å². The molecule has 2 aromatic heterocycles. The average molecular weight is 516 g/mol. The van der Waals surface area contributed by atoms with Crippen LogP contribution in [0.5, 0.6) is 0 Å². The summed E-state index contributed by atoms with van der Waals surface area (Å²) in [6, 6.07) is 16.4. The summed E-state index contributed by atoms with van der Waals surface area (Å²) in [6.45, 7) is 8.21. The van der Waals surface area contributed by atoms with E-state index >= 15 is 0 Å². The molecule has 5 rings (SSSR count). The largest absolute Gasteiger partial charge is 0.377 e. The maximum Gasteiger partial charge on any atom is 0.246 e. The number of aromatic nitrogens is 2. The van der Waals surface area contributed by atoms with Crippen molar-refractivity contribution in [1.82, 2.24) is 14.9 Å². The summed E-state index contributed by atoms with van der Waals surface area (Å²) in [5.74, 6) is 0.574. The minimum atomic E-state index is -0.295. The van der Waals surface area contributed by atoms with Crippen molar-refractivity contribution >= 4 is 39.9 Å². The van der Waals surface area contributed by atoms with Gasteiger partial charge in [0.25, 0.3) is 0 Å². The maximum atomic E-state index is 14.4. The second-order valence-corrected chi connectivity index (χ2v) is 9.43. The third-order valence-electron chi connectivity index (χ3n) is 6.73. The number of piperazine rings is 1. The molecule has 1 aliphatic heterocycles. The zero-order valence-electron chi connectivity index (χ0n) is 20.5. The Kier molecular flexibility index (Phi) is 7.06. The minimum absolute atomic E-state index is 0.0361. The Morgan fingerprint density at radius 1 is 1.05 bits per heavy atom. The number of pyridine rings is 2. The van der Waals surface area contributed by atoms with Gasteiger partial charge in [0.1, 0.15) is 11.6 Å². The van der Waals surface area contributed by atoms with Crippen molar-refractivity contribution in [3.05, 3.63) is 96.0 Å². The number of hydrogen-bond donors (Lipinski definition) is 1. The van der Waals surface area contributed by atoms with E-state index in [-0.39, 0.29) is 17.8 Å². The molecule has 1 aliphatic rings. The van der Waals surface area contributed by atoms with E-state index in [0.29, 0.717) is 29.4 Å². The van der Waals surface area contributed by atoms with Crippen LogP contribution >= 0.6 is 11.6 Å². The Hall–Kier alpha value is -3.97. The van der Waals surface area contributed by atoms with E-state index in [0.717, 1.165) is 40.9 Å². The van der Waals surface area contributed by atoms with Crippen LogP contribution in [0.3, 0.4) is 0 Å². The summed E-state index contributed by atoms with van der Waals surface area (Å²) in [4.78, 5) is 25.0. The summed E-state index contributed by atoms with van der Waals surface area (Å²) >= 11 is 6.55. The van der Waals surface area contributed by atoms with Crippen molar-refractivity contribution in [3.8, 4) is 11.1 Å². The Bertz CT molecular complexity index is 1450. The van der Waals surface area contributed by atoms with E-state index in [1.165, 1.54) is 12.1 Å². The van der Waals surface area contributed by atoms with Gasteiger partial charge in [-0.05, 0) is 48.9 Å². The van der Waals surface area contributed by atoms with E-state index in [9.17, 15) is 9.18 Å². The van der Waals surface area contributed by atoms with Crippen LogP contribution in [0.1, 0.15) is 18.5 Å². The van der Waals surface area contributed by atoms with Crippen molar-refractivity contribution in [2.75, 3.05) is 36.4 Å². The van der Waals surface area contributed by atoms with Gasteiger partial charge in [-0.1, -0.05) is 42.4 Å². The molecule has 0 radical (unpaired) electrons. The zero-order chi connectivity index (χ0) is 25.9. The molecule has 1 unspecified atom stereocenters. The number of nitrogens with zero attached hydrogens (tertiary/aromatic N) is 4. The summed E-state index contributed by atoms with van der Waals surface area (Å²) in [5, 5.41) is 4.70. The Morgan fingerprint density at radius 3 is 2.51 bits per heavy atom. The smallest absolute Gasteiger partial charge is 0.246 e. The standard InChI is InChI=1S/C29H27ClFN5O/c1-3-28(37)36-14-12-35(13-15-36)27-11-9-21(17-33-27)20-8-10-26-23(16-20)29(24(30)18-32-26)34-19(2)22-6-4-5-7-25(22)31/h3-11,16-19H,1,12-15H2,2H3,(H,32,34). The number of rotatable bonds is 6. The van der Waals surface area contributed by atoms with Gasteiger partial charge in [0.05, 0.1) is 22.3 Å². The first-order chi connectivity index (χ1) is 17.9. The number of benzene rings is 2. The molecule has 0 aliphatic carbocycles. The van der Waals surface area contributed by atoms with Crippen LogP contribution in [0.2, 0.25) is 5.02 Å². The number of carbonyl (C=O) groups is 1. The van der Waals surface area contributed by atoms with Gasteiger partial charge in [-0.2, -0.15) is 0 Å². The molecular formula is C29H27ClFN5O. The molecule has 8 heteroatoms. The third kappa shape index (κ3) is 5.13. The van der Waals surface area contributed by atoms with Crippen molar-refractivity contribution in [3.63, 3.8) is 0 Å². The number of nitrogens with one attached hydrogen (secondary N) is 1. The summed E-state index contributed by atoms with van der Waals surface area (Å²) in [6.07, 6.45) is 4.82. The second-order valence-electron chi connectivity index (χ2n) is 9.02. The van der Waals surface area contributed by atoms with Gasteiger partial charge >= 0.3 is 0 Å². The molecule has 0 bridgehead atoms. The highest BCUT2D eigenvalue weighted by Gasteiger charge is 2.20. The molecule has 37 heavy (non-hydrogen) atoms. The lowest BCUT2D eigenvalue weighted by atomic mass is 10.0. The molecule has 1 fully saturated rings. The summed E-state index contributed by atoms with van der Waals surface area (Å²) in [7, 11) is 0. The van der Waals surface area contributed by atoms with Crippen LogP contribution in [-0.4, -0.2) is 47.0 Å². The number of hydrogen-bond acceptors (Lipinski definition) is 5. The fourth-order valence-corrected chi connectivity index (χ4v) is 4.85. The molecule has 0 saturated carbocycles. The monoisotopic (exact) mass is 515 g/mol. The first kappa shape index (κ1) is 24.7. The van der Waals surface area contributed by atoms with E-state index in [1.54, 1.807) is 23.2 Å². The minimum Gasteiger partial charge on any atom is -0.377 e. The molecule has 188 valence electrons. The van der Waals surface area contributed by atoms with Crippen LogP contribution in [0.25, 0.3) is 22.0 Å². The molecule has 1 N–H and O–H groups in total. The SMILES string of the molecule is C=CC(=O)N1CCN(c2ccc(-c3ccc4ncc(Cl)c(NC(C)c5ccccc5F)c4c3)cn2)CC1. The maximum absolute atomic E-state index is 14.4. The van der Waals surface area contributed by atoms with Crippen molar-refractivity contribution in [2.45, 2.75) is 13.0 Å². The van der Waals surface area contributed by atoms with Gasteiger partial charge in [0.15, 0.2) is 0 Å². The lowest BCUT2D eigenvalue weighted by Crippen LogP contribution is -2.48. The molecule has 0 spiro atoms. The number of amides is 1. The molecule has 1 amide bonds. The van der Waals surface area contributed by atoms with Gasteiger partial charge < -0.3 is 15.1 Å². The molecule has 6 nitrogen and oxygen atoms in total. The lowest BCUT2D eigenvalue weighted by molar-refractivity contribution is -0.126. The number of carbonyl (C=O) groups excluding carboxylic acids is 1. The number of halogens is 2. The van der Waals surface area contributed by atoms with E-state index in [4.69, 9.17) is 11.6 Å². The normalized spacial score (nSPS) is 14.5. The first-order valence-electron chi connectivity index (χ1n) is 12.2. The lowest BCUT2D eigenvalue weighted by Gasteiger charge is -2.34. The van der Waals surface area contributed by atoms with Gasteiger partial charge in [-0.3, -0.25) is 9.78 Å². The van der Waals surface area contributed by atoms with Crippen molar-refractivity contribution < 1.29 is 9.18 Å². The van der Waals surface area contributed by atoms with Crippen LogP contribution in [-0.2, 0) is 4.79 Å². The topological polar surface area (TPSA) is 61.4 Å². The van der Waals surface area contributed by atoms with Crippen molar-refractivity contribution in [2.24, 2.45) is 0 Å². The van der Waals surface area contributed by atoms with Crippen LogP contribution in [0, 0.1) is 5.82 Å². The summed E-state index contributed by atoms with van der Waals surface area (Å²) < 4.78 is 14.4. The molecule has 2 aromatic carbocycles. The molecular weight excluding hydrogens is 489 g/mol. The predicted molar refractivity (Wildman–Crippen MR) is 147 cm³/mol. The zero-order valence-corrected chi connectivity index (χ0v) is 21.3. The van der Waals surface area contributed by atoms with Crippen LogP contribution < -0.4 is 10.2 Å². The van der Waals surface area contributed by atoms with E-state index < -0.39 is 0 Å².